The highest BCUT2D eigenvalue weighted by atomic mass is 16.5. The summed E-state index contributed by atoms with van der Waals surface area (Å²) in [6.07, 6.45) is 9.34. The Balaban J connectivity index is 1.32. The maximum Gasteiger partial charge on any atom is 0.244 e. The normalized spacial score (nSPS) is 21.1. The van der Waals surface area contributed by atoms with Crippen LogP contribution in [0.25, 0.3) is 16.6 Å². The molecular formula is C23H24N8O2. The first kappa shape index (κ1) is 21.0. The predicted molar refractivity (Wildman–Crippen MR) is 118 cm³/mol. The van der Waals surface area contributed by atoms with Gasteiger partial charge in [-0.15, -0.1) is 0 Å². The van der Waals surface area contributed by atoms with Crippen LogP contribution < -0.4 is 10.1 Å². The Kier molecular flexibility index (Phi) is 5.23. The Morgan fingerprint density at radius 1 is 1.21 bits per heavy atom. The standard InChI is InChI=1S/C23H24N8O2/c1-33-20-8-16(12-31-21(20)17(9-24)10-28-31)18-11-27-30(13-18)19-2-6-29(7-3-19)22(32)23(14-25)4-5-26-15-23/h8,10-13,19,26H,2-7,15H2,1H3. The van der Waals surface area contributed by atoms with Crippen molar-refractivity contribution in [1.29, 1.82) is 10.5 Å². The highest BCUT2D eigenvalue weighted by Gasteiger charge is 2.44. The fraction of sp³-hybridized carbons (Fsp3) is 0.435. The van der Waals surface area contributed by atoms with Crippen molar-refractivity contribution in [3.8, 4) is 29.0 Å². The molecule has 0 bridgehead atoms. The van der Waals surface area contributed by atoms with Crippen molar-refractivity contribution in [3.05, 3.63) is 36.4 Å². The molecular weight excluding hydrogens is 420 g/mol. The Bertz CT molecular complexity index is 1280. The van der Waals surface area contributed by atoms with Crippen molar-refractivity contribution in [2.45, 2.75) is 25.3 Å². The number of nitrogens with zero attached hydrogens (tertiary/aromatic N) is 7. The molecule has 1 atom stereocenters. The summed E-state index contributed by atoms with van der Waals surface area (Å²) in [5.41, 5.74) is 1.99. The number of aromatic nitrogens is 4. The van der Waals surface area contributed by atoms with E-state index in [9.17, 15) is 15.3 Å². The lowest BCUT2D eigenvalue weighted by Crippen LogP contribution is -2.48. The average Bonchev–Trinajstić information content (AvgIpc) is 3.62. The molecule has 1 N–H and O–H groups in total. The number of hydrogen-bond acceptors (Lipinski definition) is 7. The van der Waals surface area contributed by atoms with Crippen molar-refractivity contribution in [2.75, 3.05) is 33.3 Å². The minimum atomic E-state index is -0.915. The molecule has 2 saturated heterocycles. The van der Waals surface area contributed by atoms with Crippen molar-refractivity contribution >= 4 is 11.4 Å². The van der Waals surface area contributed by atoms with E-state index in [0.717, 1.165) is 24.0 Å². The van der Waals surface area contributed by atoms with E-state index in [0.29, 0.717) is 49.4 Å². The van der Waals surface area contributed by atoms with Crippen LogP contribution in [-0.4, -0.2) is 63.5 Å². The zero-order valence-electron chi connectivity index (χ0n) is 18.4. The van der Waals surface area contributed by atoms with Gasteiger partial charge in [0.1, 0.15) is 28.3 Å². The molecule has 0 aliphatic carbocycles. The molecule has 5 heterocycles. The summed E-state index contributed by atoms with van der Waals surface area (Å²) in [5, 5.41) is 30.9. The van der Waals surface area contributed by atoms with Crippen molar-refractivity contribution in [3.63, 3.8) is 0 Å². The van der Waals surface area contributed by atoms with Crippen molar-refractivity contribution < 1.29 is 9.53 Å². The van der Waals surface area contributed by atoms with Crippen LogP contribution in [0.4, 0.5) is 0 Å². The van der Waals surface area contributed by atoms with Gasteiger partial charge in [-0.2, -0.15) is 20.7 Å². The fourth-order valence-electron chi connectivity index (χ4n) is 4.82. The summed E-state index contributed by atoms with van der Waals surface area (Å²) in [7, 11) is 1.57. The van der Waals surface area contributed by atoms with Gasteiger partial charge in [-0.05, 0) is 31.9 Å². The quantitative estimate of drug-likeness (QED) is 0.650. The van der Waals surface area contributed by atoms with E-state index in [1.165, 1.54) is 6.20 Å². The summed E-state index contributed by atoms with van der Waals surface area (Å²) >= 11 is 0. The molecule has 0 spiro atoms. The molecule has 5 rings (SSSR count). The van der Waals surface area contributed by atoms with Crippen LogP contribution in [0, 0.1) is 28.1 Å². The lowest BCUT2D eigenvalue weighted by atomic mass is 9.86. The molecule has 1 unspecified atom stereocenters. The molecule has 2 fully saturated rings. The second-order valence-electron chi connectivity index (χ2n) is 8.61. The first-order valence-corrected chi connectivity index (χ1v) is 11.0. The number of carbonyl (C=O) groups excluding carboxylic acids is 1. The number of fused-ring (bicyclic) bond motifs is 1. The number of hydrogen-bond donors (Lipinski definition) is 1. The third kappa shape index (κ3) is 3.49. The van der Waals surface area contributed by atoms with Gasteiger partial charge in [-0.3, -0.25) is 9.48 Å². The van der Waals surface area contributed by atoms with Crippen LogP contribution in [0.2, 0.25) is 0 Å². The molecule has 10 nitrogen and oxygen atoms in total. The minimum Gasteiger partial charge on any atom is -0.494 e. The highest BCUT2D eigenvalue weighted by molar-refractivity contribution is 5.86. The average molecular weight is 444 g/mol. The number of amides is 1. The predicted octanol–water partition coefficient (Wildman–Crippen LogP) is 1.74. The molecule has 1 amide bonds. The number of rotatable bonds is 4. The van der Waals surface area contributed by atoms with Crippen LogP contribution in [0.15, 0.2) is 30.9 Å². The second kappa shape index (κ2) is 8.23. The number of nitriles is 2. The number of carbonyl (C=O) groups is 1. The lowest BCUT2D eigenvalue weighted by Gasteiger charge is -2.35. The fourth-order valence-corrected chi connectivity index (χ4v) is 4.82. The number of ether oxygens (including phenoxy) is 1. The SMILES string of the molecule is COc1cc(-c2cnn(C3CCN(C(=O)C4(C#N)CCNC4)CC3)c2)cn2ncc(C#N)c12. The van der Waals surface area contributed by atoms with Gasteiger partial charge >= 0.3 is 0 Å². The van der Waals surface area contributed by atoms with E-state index in [2.05, 4.69) is 27.7 Å². The first-order chi connectivity index (χ1) is 16.1. The molecule has 33 heavy (non-hydrogen) atoms. The minimum absolute atomic E-state index is 0.0500. The molecule has 2 aliphatic rings. The van der Waals surface area contributed by atoms with E-state index in [1.54, 1.807) is 11.6 Å². The monoisotopic (exact) mass is 444 g/mol. The maximum absolute atomic E-state index is 13.0. The first-order valence-electron chi connectivity index (χ1n) is 11.0. The third-order valence-corrected chi connectivity index (χ3v) is 6.76. The van der Waals surface area contributed by atoms with Gasteiger partial charge in [0.15, 0.2) is 0 Å². The summed E-state index contributed by atoms with van der Waals surface area (Å²) in [4.78, 5) is 14.8. The Labute approximate surface area is 191 Å². The summed E-state index contributed by atoms with van der Waals surface area (Å²) in [6.45, 7) is 2.38. The van der Waals surface area contributed by atoms with E-state index in [1.807, 2.05) is 34.2 Å². The van der Waals surface area contributed by atoms with Crippen LogP contribution in [0.1, 0.15) is 30.9 Å². The Morgan fingerprint density at radius 3 is 2.70 bits per heavy atom. The van der Waals surface area contributed by atoms with Crippen LogP contribution in [-0.2, 0) is 4.79 Å². The number of nitrogens with one attached hydrogen (secondary N) is 1. The van der Waals surface area contributed by atoms with Gasteiger partial charge in [-0.25, -0.2) is 4.52 Å². The van der Waals surface area contributed by atoms with E-state index in [-0.39, 0.29) is 11.9 Å². The number of piperidine rings is 1. The molecule has 0 radical (unpaired) electrons. The van der Waals surface area contributed by atoms with Gasteiger partial charge in [0.2, 0.25) is 5.91 Å². The van der Waals surface area contributed by atoms with E-state index >= 15 is 0 Å². The van der Waals surface area contributed by atoms with Crippen LogP contribution in [0.3, 0.4) is 0 Å². The Hall–Kier alpha value is -3.89. The van der Waals surface area contributed by atoms with Gasteiger partial charge < -0.3 is 15.0 Å². The maximum atomic E-state index is 13.0. The van der Waals surface area contributed by atoms with Crippen molar-refractivity contribution in [2.24, 2.45) is 5.41 Å². The molecule has 10 heteroatoms. The zero-order chi connectivity index (χ0) is 23.0. The van der Waals surface area contributed by atoms with Gasteiger partial charge in [-0.1, -0.05) is 0 Å². The molecule has 0 aromatic carbocycles. The Morgan fingerprint density at radius 2 is 2.03 bits per heavy atom. The summed E-state index contributed by atoms with van der Waals surface area (Å²) in [6, 6.07) is 6.47. The zero-order valence-corrected chi connectivity index (χ0v) is 18.4. The van der Waals surface area contributed by atoms with Crippen LogP contribution >= 0.6 is 0 Å². The third-order valence-electron chi connectivity index (χ3n) is 6.76. The number of pyridine rings is 1. The molecule has 2 aliphatic heterocycles. The largest absolute Gasteiger partial charge is 0.494 e. The number of likely N-dealkylation sites (tertiary alicyclic amines) is 1. The number of methoxy groups -OCH3 is 1. The van der Waals surface area contributed by atoms with E-state index < -0.39 is 5.41 Å². The lowest BCUT2D eigenvalue weighted by molar-refractivity contribution is -0.139. The highest BCUT2D eigenvalue weighted by Crippen LogP contribution is 2.33. The summed E-state index contributed by atoms with van der Waals surface area (Å²) < 4.78 is 9.11. The smallest absolute Gasteiger partial charge is 0.244 e. The second-order valence-corrected chi connectivity index (χ2v) is 8.61. The summed E-state index contributed by atoms with van der Waals surface area (Å²) in [5.74, 6) is 0.528. The molecule has 168 valence electrons. The molecule has 3 aromatic rings. The van der Waals surface area contributed by atoms with E-state index in [4.69, 9.17) is 4.74 Å². The van der Waals surface area contributed by atoms with Gasteiger partial charge in [0, 0.05) is 43.2 Å². The van der Waals surface area contributed by atoms with Gasteiger partial charge in [0.05, 0.1) is 31.6 Å². The molecule has 3 aromatic heterocycles. The van der Waals surface area contributed by atoms with Gasteiger partial charge in [0.25, 0.3) is 0 Å². The molecule has 0 saturated carbocycles. The topological polar surface area (TPSA) is 124 Å². The van der Waals surface area contributed by atoms with Crippen LogP contribution in [0.5, 0.6) is 5.75 Å². The van der Waals surface area contributed by atoms with Crippen molar-refractivity contribution in [1.82, 2.24) is 29.6 Å².